The van der Waals surface area contributed by atoms with E-state index in [1.807, 2.05) is 20.8 Å². The van der Waals surface area contributed by atoms with Crippen LogP contribution in [0.1, 0.15) is 28.3 Å². The van der Waals surface area contributed by atoms with E-state index in [9.17, 15) is 0 Å². The van der Waals surface area contributed by atoms with Crippen molar-refractivity contribution in [3.8, 4) is 11.8 Å². The lowest BCUT2D eigenvalue weighted by Gasteiger charge is -2.21. The highest BCUT2D eigenvalue weighted by Gasteiger charge is 2.22. The van der Waals surface area contributed by atoms with E-state index in [-0.39, 0.29) is 0 Å². The molecule has 0 radical (unpaired) electrons. The lowest BCUT2D eigenvalue weighted by Crippen LogP contribution is -2.17. The third kappa shape index (κ3) is 2.24. The van der Waals surface area contributed by atoms with Gasteiger partial charge in [0.25, 0.3) is 0 Å². The molecule has 3 nitrogen and oxygen atoms in total. The van der Waals surface area contributed by atoms with Crippen LogP contribution < -0.4 is 10.1 Å². The first-order valence-corrected chi connectivity index (χ1v) is 5.77. The summed E-state index contributed by atoms with van der Waals surface area (Å²) >= 11 is 6.28. The van der Waals surface area contributed by atoms with Gasteiger partial charge >= 0.3 is 0 Å². The molecule has 4 heteroatoms. The van der Waals surface area contributed by atoms with Gasteiger partial charge in [0.05, 0.1) is 13.2 Å². The summed E-state index contributed by atoms with van der Waals surface area (Å²) in [5, 5.41) is 12.8. The number of methoxy groups -OCH3 is 1. The van der Waals surface area contributed by atoms with Gasteiger partial charge in [-0.15, -0.1) is 0 Å². The zero-order valence-corrected chi connectivity index (χ0v) is 11.6. The lowest BCUT2D eigenvalue weighted by molar-refractivity contribution is 0.402. The van der Waals surface area contributed by atoms with Crippen molar-refractivity contribution in [3.63, 3.8) is 0 Å². The number of nitrogens with one attached hydrogen (secondary N) is 1. The van der Waals surface area contributed by atoms with Crippen LogP contribution in [0.2, 0.25) is 5.02 Å². The molecule has 0 fully saturated rings. The lowest BCUT2D eigenvalue weighted by atomic mass is 9.94. The van der Waals surface area contributed by atoms with Crippen molar-refractivity contribution < 1.29 is 4.74 Å². The molecule has 1 aromatic rings. The maximum Gasteiger partial charge on any atom is 0.128 e. The van der Waals surface area contributed by atoms with E-state index < -0.39 is 6.04 Å². The summed E-state index contributed by atoms with van der Waals surface area (Å²) in [4.78, 5) is 0. The molecule has 0 amide bonds. The zero-order chi connectivity index (χ0) is 13.2. The molecular weight excluding hydrogens is 236 g/mol. The number of benzene rings is 1. The average molecular weight is 253 g/mol. The topological polar surface area (TPSA) is 45.0 Å². The predicted molar refractivity (Wildman–Crippen MR) is 69.6 cm³/mol. The molecule has 92 valence electrons. The van der Waals surface area contributed by atoms with Gasteiger partial charge in [-0.3, -0.25) is 0 Å². The largest absolute Gasteiger partial charge is 0.496 e. The first-order chi connectivity index (χ1) is 7.99. The van der Waals surface area contributed by atoms with Crippen LogP contribution in [0.25, 0.3) is 0 Å². The normalized spacial score (nSPS) is 12.1. The molecule has 0 aliphatic rings. The van der Waals surface area contributed by atoms with Crippen LogP contribution in [0.15, 0.2) is 0 Å². The van der Waals surface area contributed by atoms with Crippen LogP contribution in [-0.2, 0) is 0 Å². The van der Waals surface area contributed by atoms with Gasteiger partial charge in [-0.05, 0) is 44.5 Å². The molecule has 1 N–H and O–H groups in total. The molecule has 0 saturated carbocycles. The molecular formula is C13H17ClN2O. The van der Waals surface area contributed by atoms with Gasteiger partial charge < -0.3 is 10.1 Å². The van der Waals surface area contributed by atoms with Crippen molar-refractivity contribution in [2.24, 2.45) is 0 Å². The van der Waals surface area contributed by atoms with Gasteiger partial charge in [0.15, 0.2) is 0 Å². The van der Waals surface area contributed by atoms with E-state index in [0.29, 0.717) is 5.02 Å². The Labute approximate surface area is 107 Å². The highest BCUT2D eigenvalue weighted by molar-refractivity contribution is 6.32. The van der Waals surface area contributed by atoms with Crippen LogP contribution in [0.3, 0.4) is 0 Å². The molecule has 0 spiro atoms. The summed E-state index contributed by atoms with van der Waals surface area (Å²) in [6.07, 6.45) is 0. The first kappa shape index (κ1) is 13.8. The number of nitriles is 1. The van der Waals surface area contributed by atoms with Crippen LogP contribution in [-0.4, -0.2) is 14.2 Å². The third-order valence-electron chi connectivity index (χ3n) is 3.12. The van der Waals surface area contributed by atoms with Crippen molar-refractivity contribution in [1.29, 1.82) is 5.26 Å². The highest BCUT2D eigenvalue weighted by atomic mass is 35.5. The van der Waals surface area contributed by atoms with Gasteiger partial charge in [-0.2, -0.15) is 5.26 Å². The molecule has 0 heterocycles. The summed E-state index contributed by atoms with van der Waals surface area (Å²) in [5.41, 5.74) is 3.70. The fraction of sp³-hybridized carbons (Fsp3) is 0.462. The van der Waals surface area contributed by atoms with Gasteiger partial charge in [0.2, 0.25) is 0 Å². The summed E-state index contributed by atoms with van der Waals surface area (Å²) < 4.78 is 5.43. The van der Waals surface area contributed by atoms with Gasteiger partial charge in [0, 0.05) is 10.6 Å². The second-order valence-electron chi connectivity index (χ2n) is 3.99. The standard InChI is InChI=1S/C13H17ClN2O/c1-7-8(2)13(17-5)11(9(3)12(7)14)10(6-15)16-4/h10,16H,1-5H3. The van der Waals surface area contributed by atoms with E-state index in [0.717, 1.165) is 28.0 Å². The molecule has 1 unspecified atom stereocenters. The van der Waals surface area contributed by atoms with Crippen LogP contribution in [0.4, 0.5) is 0 Å². The Morgan fingerprint density at radius 2 is 1.82 bits per heavy atom. The maximum atomic E-state index is 9.16. The minimum Gasteiger partial charge on any atom is -0.496 e. The van der Waals surface area contributed by atoms with E-state index in [1.54, 1.807) is 14.2 Å². The molecule has 0 bridgehead atoms. The molecule has 1 rings (SSSR count). The Bertz CT molecular complexity index is 478. The maximum absolute atomic E-state index is 9.16. The monoisotopic (exact) mass is 252 g/mol. The molecule has 1 atom stereocenters. The Morgan fingerprint density at radius 1 is 1.24 bits per heavy atom. The molecule has 0 aromatic heterocycles. The van der Waals surface area contributed by atoms with E-state index in [2.05, 4.69) is 11.4 Å². The summed E-state index contributed by atoms with van der Waals surface area (Å²) in [7, 11) is 3.36. The van der Waals surface area contributed by atoms with Crippen molar-refractivity contribution >= 4 is 11.6 Å². The van der Waals surface area contributed by atoms with Crippen molar-refractivity contribution in [3.05, 3.63) is 27.3 Å². The number of rotatable bonds is 3. The van der Waals surface area contributed by atoms with Crippen LogP contribution in [0.5, 0.6) is 5.75 Å². The molecule has 17 heavy (non-hydrogen) atoms. The van der Waals surface area contributed by atoms with Gasteiger partial charge in [-0.1, -0.05) is 11.6 Å². The van der Waals surface area contributed by atoms with Crippen molar-refractivity contribution in [1.82, 2.24) is 5.32 Å². The SMILES string of the molecule is CNC(C#N)c1c(C)c(Cl)c(C)c(C)c1OC. The Balaban J connectivity index is 3.64. The second kappa shape index (κ2) is 5.39. The van der Waals surface area contributed by atoms with Crippen molar-refractivity contribution in [2.75, 3.05) is 14.2 Å². The fourth-order valence-electron chi connectivity index (χ4n) is 1.99. The van der Waals surface area contributed by atoms with E-state index >= 15 is 0 Å². The number of hydrogen-bond donors (Lipinski definition) is 1. The molecule has 0 aliphatic heterocycles. The highest BCUT2D eigenvalue weighted by Crippen LogP contribution is 2.38. The minimum atomic E-state index is -0.415. The Kier molecular flexibility index (Phi) is 4.39. The Hall–Kier alpha value is -1.24. The minimum absolute atomic E-state index is 0.415. The summed E-state index contributed by atoms with van der Waals surface area (Å²) in [6, 6.07) is 1.79. The number of ether oxygens (including phenoxy) is 1. The summed E-state index contributed by atoms with van der Waals surface area (Å²) in [5.74, 6) is 0.741. The smallest absolute Gasteiger partial charge is 0.128 e. The van der Waals surface area contributed by atoms with Crippen LogP contribution >= 0.6 is 11.6 Å². The number of halogens is 1. The Morgan fingerprint density at radius 3 is 2.24 bits per heavy atom. The first-order valence-electron chi connectivity index (χ1n) is 5.39. The molecule has 0 aliphatic carbocycles. The van der Waals surface area contributed by atoms with Gasteiger partial charge in [0.1, 0.15) is 11.8 Å². The second-order valence-corrected chi connectivity index (χ2v) is 4.36. The van der Waals surface area contributed by atoms with E-state index in [1.165, 1.54) is 0 Å². The average Bonchev–Trinajstić information content (AvgIpc) is 2.34. The van der Waals surface area contributed by atoms with Gasteiger partial charge in [-0.25, -0.2) is 0 Å². The third-order valence-corrected chi connectivity index (χ3v) is 3.69. The summed E-state index contributed by atoms with van der Waals surface area (Å²) in [6.45, 7) is 5.82. The fourth-order valence-corrected chi connectivity index (χ4v) is 2.23. The zero-order valence-electron chi connectivity index (χ0n) is 10.8. The van der Waals surface area contributed by atoms with E-state index in [4.69, 9.17) is 21.6 Å². The molecule has 1 aromatic carbocycles. The molecule has 0 saturated heterocycles. The van der Waals surface area contributed by atoms with Crippen molar-refractivity contribution in [2.45, 2.75) is 26.8 Å². The number of hydrogen-bond acceptors (Lipinski definition) is 3. The predicted octanol–water partition coefficient (Wildman–Crippen LogP) is 3.06. The quantitative estimate of drug-likeness (QED) is 0.899. The number of nitrogens with zero attached hydrogens (tertiary/aromatic N) is 1. The van der Waals surface area contributed by atoms with Crippen LogP contribution in [0, 0.1) is 32.1 Å².